The van der Waals surface area contributed by atoms with E-state index in [0.29, 0.717) is 0 Å². The Morgan fingerprint density at radius 3 is 1.29 bits per heavy atom. The summed E-state index contributed by atoms with van der Waals surface area (Å²) in [6.45, 7) is 2.45. The van der Waals surface area contributed by atoms with Crippen LogP contribution in [0.3, 0.4) is 0 Å². The third-order valence-corrected chi connectivity index (χ3v) is 8.31. The van der Waals surface area contributed by atoms with Crippen molar-refractivity contribution in [3.63, 3.8) is 0 Å². The quantitative estimate of drug-likeness (QED) is 0.367. The Labute approximate surface area is 203 Å². The van der Waals surface area contributed by atoms with E-state index in [1.807, 2.05) is 0 Å². The van der Waals surface area contributed by atoms with Crippen LogP contribution in [-0.4, -0.2) is 0 Å². The van der Waals surface area contributed by atoms with E-state index < -0.39 is 0 Å². The van der Waals surface area contributed by atoms with Crippen LogP contribution in [0.15, 0.2) is 0 Å². The maximum absolute atomic E-state index is 2.51. The van der Waals surface area contributed by atoms with Crippen molar-refractivity contribution in [2.75, 3.05) is 0 Å². The summed E-state index contributed by atoms with van der Waals surface area (Å²) < 4.78 is 0. The van der Waals surface area contributed by atoms with Crippen LogP contribution in [0.4, 0.5) is 0 Å². The summed E-state index contributed by atoms with van der Waals surface area (Å²) in [5, 5.41) is 0. The first kappa shape index (κ1) is 25.4. The van der Waals surface area contributed by atoms with E-state index in [1.165, 1.54) is 70.6 Å². The average Bonchev–Trinajstić information content (AvgIpc) is 2.74. The molecule has 0 aromatic rings. The normalized spacial score (nSPS) is 34.6. The SMILES string of the molecule is CC1CCC(CC2CCC(CC3CC[CH-]CC3)CC2)CC1.[CH-]1CCCCC1.[Y]. The van der Waals surface area contributed by atoms with Gasteiger partial charge in [-0.3, -0.25) is 0 Å². The van der Waals surface area contributed by atoms with Crippen molar-refractivity contribution >= 4 is 0 Å². The summed E-state index contributed by atoms with van der Waals surface area (Å²) in [5.41, 5.74) is 0. The summed E-state index contributed by atoms with van der Waals surface area (Å²) >= 11 is 0. The Morgan fingerprint density at radius 1 is 0.500 bits per heavy atom. The van der Waals surface area contributed by atoms with E-state index in [2.05, 4.69) is 19.8 Å². The first-order valence-electron chi connectivity index (χ1n) is 12.9. The second kappa shape index (κ2) is 15.0. The van der Waals surface area contributed by atoms with Gasteiger partial charge in [0.2, 0.25) is 0 Å². The van der Waals surface area contributed by atoms with Crippen LogP contribution in [0.25, 0.3) is 0 Å². The second-order valence-corrected chi connectivity index (χ2v) is 10.7. The number of hydrogen-bond acceptors (Lipinski definition) is 0. The van der Waals surface area contributed by atoms with Crippen molar-refractivity contribution in [1.29, 1.82) is 0 Å². The van der Waals surface area contributed by atoms with E-state index in [1.54, 1.807) is 51.4 Å². The van der Waals surface area contributed by atoms with Gasteiger partial charge in [-0.1, -0.05) is 90.4 Å². The zero-order valence-corrected chi connectivity index (χ0v) is 21.9. The maximum Gasteiger partial charge on any atom is 0 e. The molecule has 1 radical (unpaired) electrons. The van der Waals surface area contributed by atoms with Gasteiger partial charge < -0.3 is 12.8 Å². The standard InChI is InChI=1S/C21H37.C6H11.Y/c1-17-7-9-19(10-8-17)16-21-13-11-20(12-14-21)15-18-5-3-2-4-6-18;1-2-4-6-5-3-1;/h2,17-21H,3-16H2,1H3;1H,2-6H2;/q2*-1;. The molecule has 0 spiro atoms. The Morgan fingerprint density at radius 2 is 0.893 bits per heavy atom. The van der Waals surface area contributed by atoms with Crippen molar-refractivity contribution in [3.05, 3.63) is 12.8 Å². The molecule has 0 bridgehead atoms. The van der Waals surface area contributed by atoms with Crippen molar-refractivity contribution in [2.45, 2.75) is 129 Å². The Bertz CT molecular complexity index is 341. The van der Waals surface area contributed by atoms with Gasteiger partial charge in [0, 0.05) is 32.7 Å². The molecule has 0 heterocycles. The molecule has 0 amide bonds. The number of hydrogen-bond donors (Lipinski definition) is 0. The molecule has 0 N–H and O–H groups in total. The molecule has 1 heteroatoms. The fourth-order valence-electron chi connectivity index (χ4n) is 6.34. The maximum atomic E-state index is 2.51. The van der Waals surface area contributed by atoms with Gasteiger partial charge in [0.1, 0.15) is 0 Å². The molecule has 0 saturated heterocycles. The molecule has 4 rings (SSSR count). The summed E-state index contributed by atoms with van der Waals surface area (Å²) in [7, 11) is 0. The minimum Gasteiger partial charge on any atom is -0.328 e. The summed E-state index contributed by atoms with van der Waals surface area (Å²) in [5.74, 6) is 5.38. The molecule has 0 aromatic carbocycles. The van der Waals surface area contributed by atoms with E-state index in [0.717, 1.165) is 29.6 Å². The van der Waals surface area contributed by atoms with Crippen LogP contribution in [0.1, 0.15) is 129 Å². The van der Waals surface area contributed by atoms with Gasteiger partial charge in [-0.15, -0.1) is 0 Å². The molecule has 0 aliphatic heterocycles. The van der Waals surface area contributed by atoms with Crippen LogP contribution >= 0.6 is 0 Å². The van der Waals surface area contributed by atoms with Gasteiger partial charge in [-0.2, -0.15) is 25.7 Å². The minimum absolute atomic E-state index is 0. The molecular weight excluding hydrogens is 413 g/mol. The van der Waals surface area contributed by atoms with E-state index in [9.17, 15) is 0 Å². The molecule has 4 aliphatic carbocycles. The Balaban J connectivity index is 0.000000344. The fourth-order valence-corrected chi connectivity index (χ4v) is 6.34. The fraction of sp³-hybridized carbons (Fsp3) is 0.926. The molecule has 0 nitrogen and oxygen atoms in total. The topological polar surface area (TPSA) is 0 Å². The largest absolute Gasteiger partial charge is 0.328 e. The van der Waals surface area contributed by atoms with Crippen molar-refractivity contribution in [1.82, 2.24) is 0 Å². The molecule has 0 unspecified atom stereocenters. The van der Waals surface area contributed by atoms with E-state index in [-0.39, 0.29) is 32.7 Å². The molecule has 4 saturated carbocycles. The molecular formula is C27H48Y-2. The summed E-state index contributed by atoms with van der Waals surface area (Å²) in [6, 6.07) is 0. The van der Waals surface area contributed by atoms with Gasteiger partial charge in [-0.05, 0) is 42.4 Å². The summed E-state index contributed by atoms with van der Waals surface area (Å²) in [6.07, 6.45) is 33.3. The molecule has 161 valence electrons. The minimum atomic E-state index is 0. The van der Waals surface area contributed by atoms with Crippen LogP contribution in [0, 0.1) is 42.4 Å². The third-order valence-electron chi connectivity index (χ3n) is 8.31. The molecule has 4 aliphatic rings. The zero-order chi connectivity index (χ0) is 18.7. The Kier molecular flexibility index (Phi) is 13.6. The zero-order valence-electron chi connectivity index (χ0n) is 19.1. The monoisotopic (exact) mass is 461 g/mol. The van der Waals surface area contributed by atoms with Crippen molar-refractivity contribution in [3.8, 4) is 0 Å². The summed E-state index contributed by atoms with van der Waals surface area (Å²) in [4.78, 5) is 0. The first-order chi connectivity index (χ1) is 13.3. The second-order valence-electron chi connectivity index (χ2n) is 10.7. The van der Waals surface area contributed by atoms with E-state index in [4.69, 9.17) is 0 Å². The van der Waals surface area contributed by atoms with Gasteiger partial charge in [0.05, 0.1) is 0 Å². The smallest absolute Gasteiger partial charge is 0 e. The molecule has 28 heavy (non-hydrogen) atoms. The third kappa shape index (κ3) is 9.94. The van der Waals surface area contributed by atoms with Crippen molar-refractivity contribution < 1.29 is 32.7 Å². The van der Waals surface area contributed by atoms with Gasteiger partial charge in [0.25, 0.3) is 0 Å². The van der Waals surface area contributed by atoms with Gasteiger partial charge in [-0.25, -0.2) is 0 Å². The first-order valence-corrected chi connectivity index (χ1v) is 12.9. The predicted molar refractivity (Wildman–Crippen MR) is 119 cm³/mol. The molecule has 0 atom stereocenters. The molecule has 0 aromatic heterocycles. The van der Waals surface area contributed by atoms with Crippen LogP contribution in [-0.2, 0) is 32.7 Å². The van der Waals surface area contributed by atoms with Crippen molar-refractivity contribution in [2.24, 2.45) is 29.6 Å². The molecule has 4 fully saturated rings. The van der Waals surface area contributed by atoms with Crippen LogP contribution < -0.4 is 0 Å². The van der Waals surface area contributed by atoms with Crippen LogP contribution in [0.2, 0.25) is 0 Å². The predicted octanol–water partition coefficient (Wildman–Crippen LogP) is 8.95. The van der Waals surface area contributed by atoms with E-state index >= 15 is 0 Å². The average molecular weight is 462 g/mol. The van der Waals surface area contributed by atoms with Gasteiger partial charge in [0.15, 0.2) is 0 Å². The van der Waals surface area contributed by atoms with Gasteiger partial charge >= 0.3 is 0 Å². The number of rotatable bonds is 4. The Hall–Kier alpha value is 1.10. The van der Waals surface area contributed by atoms with Crippen LogP contribution in [0.5, 0.6) is 0 Å².